The van der Waals surface area contributed by atoms with E-state index < -0.39 is 4.92 Å². The Morgan fingerprint density at radius 1 is 1.24 bits per heavy atom. The molecular weight excluding hydrogens is 292 g/mol. The van der Waals surface area contributed by atoms with E-state index in [0.717, 1.165) is 10.2 Å². The van der Waals surface area contributed by atoms with Gasteiger partial charge in [0.25, 0.3) is 0 Å². The van der Waals surface area contributed by atoms with Crippen LogP contribution in [0.2, 0.25) is 0 Å². The first-order valence-electron chi connectivity index (χ1n) is 5.99. The molecule has 0 atom stereocenters. The summed E-state index contributed by atoms with van der Waals surface area (Å²) >= 11 is 1.40. The summed E-state index contributed by atoms with van der Waals surface area (Å²) in [7, 11) is 1.57. The molecule has 9 heteroatoms. The molecule has 2 N–H and O–H groups in total. The van der Waals surface area contributed by atoms with Crippen LogP contribution in [0.1, 0.15) is 0 Å². The molecule has 3 rings (SSSR count). The van der Waals surface area contributed by atoms with Crippen molar-refractivity contribution in [2.45, 2.75) is 0 Å². The predicted octanol–water partition coefficient (Wildman–Crippen LogP) is 2.78. The van der Waals surface area contributed by atoms with Crippen molar-refractivity contribution in [1.82, 2.24) is 15.0 Å². The number of nitrogens with one attached hydrogen (secondary N) is 2. The molecule has 8 nitrogen and oxygen atoms in total. The Morgan fingerprint density at radius 3 is 2.71 bits per heavy atom. The molecule has 0 unspecified atom stereocenters. The number of thiazole rings is 1. The number of nitrogens with zero attached hydrogens (tertiary/aromatic N) is 4. The van der Waals surface area contributed by atoms with Crippen molar-refractivity contribution in [2.75, 3.05) is 17.7 Å². The van der Waals surface area contributed by atoms with Gasteiger partial charge in [-0.3, -0.25) is 10.1 Å². The summed E-state index contributed by atoms with van der Waals surface area (Å²) in [4.78, 5) is 22.8. The third-order valence-electron chi connectivity index (χ3n) is 2.76. The van der Waals surface area contributed by atoms with Crippen molar-refractivity contribution in [2.24, 2.45) is 0 Å². The van der Waals surface area contributed by atoms with E-state index in [2.05, 4.69) is 25.6 Å². The molecular formula is C12H10N6O2S. The van der Waals surface area contributed by atoms with Gasteiger partial charge in [-0.15, -0.1) is 0 Å². The zero-order chi connectivity index (χ0) is 14.8. The largest absolute Gasteiger partial charge is 0.367 e. The molecule has 0 amide bonds. The highest BCUT2D eigenvalue weighted by Gasteiger charge is 2.22. The minimum atomic E-state index is -0.526. The van der Waals surface area contributed by atoms with Gasteiger partial charge < -0.3 is 10.6 Å². The lowest BCUT2D eigenvalue weighted by atomic mass is 10.3. The average molecular weight is 302 g/mol. The summed E-state index contributed by atoms with van der Waals surface area (Å²) in [6.45, 7) is 0. The summed E-state index contributed by atoms with van der Waals surface area (Å²) in [6, 6.07) is 7.62. The first kappa shape index (κ1) is 13.2. The van der Waals surface area contributed by atoms with Gasteiger partial charge in [0.1, 0.15) is 6.33 Å². The molecule has 0 bridgehead atoms. The van der Waals surface area contributed by atoms with E-state index in [9.17, 15) is 10.1 Å². The predicted molar refractivity (Wildman–Crippen MR) is 81.1 cm³/mol. The number of anilines is 3. The summed E-state index contributed by atoms with van der Waals surface area (Å²) in [5.74, 6) is 0.261. The van der Waals surface area contributed by atoms with Gasteiger partial charge in [0, 0.05) is 7.05 Å². The van der Waals surface area contributed by atoms with E-state index in [-0.39, 0.29) is 17.3 Å². The van der Waals surface area contributed by atoms with Crippen LogP contribution in [0.4, 0.5) is 22.5 Å². The molecule has 0 radical (unpaired) electrons. The molecule has 0 saturated heterocycles. The van der Waals surface area contributed by atoms with Gasteiger partial charge in [-0.05, 0) is 12.1 Å². The number of hydrogen-bond donors (Lipinski definition) is 2. The second-order valence-electron chi connectivity index (χ2n) is 4.04. The second kappa shape index (κ2) is 5.29. The standard InChI is InChI=1S/C12H10N6O2S/c1-13-10-9(18(19)20)11(15-6-14-10)17-12-16-7-4-2-3-5-8(7)21-12/h2-6H,1H3,(H2,13,14,15,16,17). The maximum atomic E-state index is 11.2. The summed E-state index contributed by atoms with van der Waals surface area (Å²) in [5.41, 5.74) is 0.620. The van der Waals surface area contributed by atoms with Crippen LogP contribution >= 0.6 is 11.3 Å². The van der Waals surface area contributed by atoms with Gasteiger partial charge >= 0.3 is 5.69 Å². The number of nitro groups is 1. The topological polar surface area (TPSA) is 106 Å². The van der Waals surface area contributed by atoms with E-state index in [1.54, 1.807) is 7.05 Å². The van der Waals surface area contributed by atoms with Crippen LogP contribution in [-0.2, 0) is 0 Å². The molecule has 0 aliphatic rings. The second-order valence-corrected chi connectivity index (χ2v) is 5.07. The summed E-state index contributed by atoms with van der Waals surface area (Å²) < 4.78 is 0.991. The molecule has 0 spiro atoms. The lowest BCUT2D eigenvalue weighted by molar-refractivity contribution is -0.383. The average Bonchev–Trinajstić information content (AvgIpc) is 2.88. The fraction of sp³-hybridized carbons (Fsp3) is 0.0833. The SMILES string of the molecule is CNc1ncnc(Nc2nc3ccccc3s2)c1[N+](=O)[O-]. The lowest BCUT2D eigenvalue weighted by Gasteiger charge is -2.05. The fourth-order valence-electron chi connectivity index (χ4n) is 1.85. The molecule has 3 aromatic rings. The molecule has 2 heterocycles. The third-order valence-corrected chi connectivity index (χ3v) is 3.71. The number of benzene rings is 1. The fourth-order valence-corrected chi connectivity index (χ4v) is 2.72. The normalized spacial score (nSPS) is 10.5. The van der Waals surface area contributed by atoms with Gasteiger partial charge in [0.05, 0.1) is 15.1 Å². The van der Waals surface area contributed by atoms with Crippen molar-refractivity contribution in [3.63, 3.8) is 0 Å². The molecule has 106 valence electrons. The van der Waals surface area contributed by atoms with E-state index >= 15 is 0 Å². The maximum Gasteiger partial charge on any atom is 0.353 e. The Labute approximate surface area is 123 Å². The first-order chi connectivity index (χ1) is 10.2. The van der Waals surface area contributed by atoms with Crippen molar-refractivity contribution in [3.05, 3.63) is 40.7 Å². The van der Waals surface area contributed by atoms with Crippen LogP contribution in [0.15, 0.2) is 30.6 Å². The Balaban J connectivity index is 2.03. The van der Waals surface area contributed by atoms with Crippen molar-refractivity contribution in [1.29, 1.82) is 0 Å². The Bertz CT molecular complexity index is 785. The van der Waals surface area contributed by atoms with Crippen LogP contribution in [0, 0.1) is 10.1 Å². The van der Waals surface area contributed by atoms with E-state index in [1.807, 2.05) is 24.3 Å². The van der Waals surface area contributed by atoms with Gasteiger partial charge in [0.15, 0.2) is 5.13 Å². The highest BCUT2D eigenvalue weighted by molar-refractivity contribution is 7.22. The smallest absolute Gasteiger partial charge is 0.353 e. The molecule has 2 aromatic heterocycles. The van der Waals surface area contributed by atoms with Gasteiger partial charge in [-0.1, -0.05) is 23.5 Å². The Hall–Kier alpha value is -2.81. The molecule has 21 heavy (non-hydrogen) atoms. The lowest BCUT2D eigenvalue weighted by Crippen LogP contribution is -2.05. The van der Waals surface area contributed by atoms with Crippen LogP contribution in [0.5, 0.6) is 0 Å². The van der Waals surface area contributed by atoms with E-state index in [1.165, 1.54) is 17.7 Å². The Kier molecular flexibility index (Phi) is 3.32. The minimum absolute atomic E-state index is 0.110. The number of hydrogen-bond acceptors (Lipinski definition) is 8. The number of fused-ring (bicyclic) bond motifs is 1. The molecule has 1 aromatic carbocycles. The maximum absolute atomic E-state index is 11.2. The first-order valence-corrected chi connectivity index (χ1v) is 6.80. The van der Waals surface area contributed by atoms with E-state index in [4.69, 9.17) is 0 Å². The zero-order valence-electron chi connectivity index (χ0n) is 10.9. The molecule has 0 saturated carbocycles. The number of aromatic nitrogens is 3. The quantitative estimate of drug-likeness (QED) is 0.563. The minimum Gasteiger partial charge on any atom is -0.367 e. The van der Waals surface area contributed by atoms with Gasteiger partial charge in [0.2, 0.25) is 11.6 Å². The van der Waals surface area contributed by atoms with Crippen LogP contribution in [0.3, 0.4) is 0 Å². The van der Waals surface area contributed by atoms with Crippen molar-refractivity contribution >= 4 is 44.0 Å². The van der Waals surface area contributed by atoms with Crippen LogP contribution < -0.4 is 10.6 Å². The molecule has 0 fully saturated rings. The van der Waals surface area contributed by atoms with Gasteiger partial charge in [-0.25, -0.2) is 15.0 Å². The van der Waals surface area contributed by atoms with E-state index in [0.29, 0.717) is 5.13 Å². The van der Waals surface area contributed by atoms with Crippen LogP contribution in [0.25, 0.3) is 10.2 Å². The Morgan fingerprint density at radius 2 is 2.00 bits per heavy atom. The van der Waals surface area contributed by atoms with Crippen molar-refractivity contribution in [3.8, 4) is 0 Å². The molecule has 0 aliphatic heterocycles. The highest BCUT2D eigenvalue weighted by atomic mass is 32.1. The summed E-state index contributed by atoms with van der Waals surface area (Å²) in [6.07, 6.45) is 1.26. The molecule has 0 aliphatic carbocycles. The van der Waals surface area contributed by atoms with Gasteiger partial charge in [-0.2, -0.15) is 0 Å². The summed E-state index contributed by atoms with van der Waals surface area (Å²) in [5, 5.41) is 17.3. The number of rotatable bonds is 4. The highest BCUT2D eigenvalue weighted by Crippen LogP contribution is 2.33. The monoisotopic (exact) mass is 302 g/mol. The zero-order valence-corrected chi connectivity index (χ0v) is 11.7. The van der Waals surface area contributed by atoms with Crippen molar-refractivity contribution < 1.29 is 4.92 Å². The number of para-hydroxylation sites is 1. The van der Waals surface area contributed by atoms with Crippen LogP contribution in [-0.4, -0.2) is 26.9 Å². The third kappa shape index (κ3) is 2.46.